The van der Waals surface area contributed by atoms with Gasteiger partial charge in [-0.25, -0.2) is 0 Å². The van der Waals surface area contributed by atoms with Crippen molar-refractivity contribution in [2.24, 2.45) is 0 Å². The van der Waals surface area contributed by atoms with Gasteiger partial charge in [-0.15, -0.1) is 0 Å². The number of carbonyl (C=O) groups is 2. The number of carbonyl (C=O) groups excluding carboxylic acids is 2. The molecule has 1 aliphatic rings. The van der Waals surface area contributed by atoms with Crippen LogP contribution in [-0.2, 0) is 17.8 Å². The SMILES string of the molecule is CCC(=O)N1CCc2cc(-c3ccc(C(=O)NCc4cccnc4)cc3)c(O)cc21. The summed E-state index contributed by atoms with van der Waals surface area (Å²) in [5, 5.41) is 13.4. The Bertz CT molecular complexity index is 1080. The minimum atomic E-state index is -0.169. The molecule has 0 bridgehead atoms. The van der Waals surface area contributed by atoms with Gasteiger partial charge in [-0.2, -0.15) is 0 Å². The zero-order chi connectivity index (χ0) is 21.1. The number of nitrogens with zero attached hydrogens (tertiary/aromatic N) is 2. The van der Waals surface area contributed by atoms with Crippen molar-refractivity contribution in [1.82, 2.24) is 10.3 Å². The Morgan fingerprint density at radius 1 is 1.17 bits per heavy atom. The lowest BCUT2D eigenvalue weighted by Crippen LogP contribution is -2.27. The van der Waals surface area contributed by atoms with Gasteiger partial charge in [-0.1, -0.05) is 25.1 Å². The maximum absolute atomic E-state index is 12.4. The first-order chi connectivity index (χ1) is 14.6. The third kappa shape index (κ3) is 3.89. The van der Waals surface area contributed by atoms with Gasteiger partial charge in [0, 0.05) is 49.1 Å². The average molecular weight is 401 g/mol. The maximum Gasteiger partial charge on any atom is 0.251 e. The summed E-state index contributed by atoms with van der Waals surface area (Å²) in [5.74, 6) is 0.0122. The molecule has 2 N–H and O–H groups in total. The number of phenols is 1. The number of aromatic nitrogens is 1. The second-order valence-electron chi connectivity index (χ2n) is 7.27. The number of amides is 2. The topological polar surface area (TPSA) is 82.5 Å². The van der Waals surface area contributed by atoms with Crippen LogP contribution >= 0.6 is 0 Å². The number of rotatable bonds is 5. The lowest BCUT2D eigenvalue weighted by molar-refractivity contribution is -0.118. The second kappa shape index (κ2) is 8.37. The number of benzene rings is 2. The summed E-state index contributed by atoms with van der Waals surface area (Å²) in [6.45, 7) is 2.89. The number of phenolic OH excluding ortho intramolecular Hbond substituents is 1. The third-order valence-electron chi connectivity index (χ3n) is 5.33. The molecule has 0 fully saturated rings. The van der Waals surface area contributed by atoms with E-state index in [4.69, 9.17) is 0 Å². The highest BCUT2D eigenvalue weighted by Crippen LogP contribution is 2.39. The van der Waals surface area contributed by atoms with Crippen molar-refractivity contribution in [1.29, 1.82) is 0 Å². The maximum atomic E-state index is 12.4. The fraction of sp³-hybridized carbons (Fsp3) is 0.208. The molecule has 0 spiro atoms. The van der Waals surface area contributed by atoms with E-state index in [2.05, 4.69) is 10.3 Å². The minimum Gasteiger partial charge on any atom is -0.507 e. The van der Waals surface area contributed by atoms with Crippen LogP contribution in [-0.4, -0.2) is 28.4 Å². The van der Waals surface area contributed by atoms with E-state index >= 15 is 0 Å². The lowest BCUT2D eigenvalue weighted by Gasteiger charge is -2.17. The summed E-state index contributed by atoms with van der Waals surface area (Å²) >= 11 is 0. The van der Waals surface area contributed by atoms with Crippen LogP contribution in [0.25, 0.3) is 11.1 Å². The third-order valence-corrected chi connectivity index (χ3v) is 5.33. The zero-order valence-electron chi connectivity index (χ0n) is 16.8. The van der Waals surface area contributed by atoms with Crippen molar-refractivity contribution < 1.29 is 14.7 Å². The molecule has 2 heterocycles. The molecule has 6 heteroatoms. The normalized spacial score (nSPS) is 12.5. The van der Waals surface area contributed by atoms with Crippen LogP contribution in [0, 0.1) is 0 Å². The molecule has 0 unspecified atom stereocenters. The van der Waals surface area contributed by atoms with E-state index < -0.39 is 0 Å². The fourth-order valence-electron chi connectivity index (χ4n) is 3.70. The van der Waals surface area contributed by atoms with E-state index in [1.54, 1.807) is 35.5 Å². The predicted octanol–water partition coefficient (Wildman–Crippen LogP) is 3.68. The van der Waals surface area contributed by atoms with E-state index in [9.17, 15) is 14.7 Å². The van der Waals surface area contributed by atoms with Gasteiger partial charge < -0.3 is 15.3 Å². The number of pyridine rings is 1. The molecule has 0 saturated carbocycles. The standard InChI is InChI=1S/C24H23N3O3/c1-2-23(29)27-11-9-19-12-20(22(28)13-21(19)27)17-5-7-18(8-6-17)24(30)26-15-16-4-3-10-25-14-16/h3-8,10,12-14,28H,2,9,11,15H2,1H3,(H,26,30). The first-order valence-electron chi connectivity index (χ1n) is 10.0. The molecular formula is C24H23N3O3. The largest absolute Gasteiger partial charge is 0.507 e. The van der Waals surface area contributed by atoms with Gasteiger partial charge in [0.25, 0.3) is 5.91 Å². The Balaban J connectivity index is 1.50. The molecule has 1 aliphatic heterocycles. The Morgan fingerprint density at radius 3 is 2.67 bits per heavy atom. The summed E-state index contributed by atoms with van der Waals surface area (Å²) < 4.78 is 0. The van der Waals surface area contributed by atoms with Gasteiger partial charge in [0.05, 0.1) is 5.69 Å². The molecule has 152 valence electrons. The first kappa shape index (κ1) is 19.6. The van der Waals surface area contributed by atoms with Crippen LogP contribution in [0.15, 0.2) is 60.9 Å². The Morgan fingerprint density at radius 2 is 1.97 bits per heavy atom. The van der Waals surface area contributed by atoms with Gasteiger partial charge in [-0.3, -0.25) is 14.6 Å². The van der Waals surface area contributed by atoms with E-state index in [0.717, 1.165) is 28.8 Å². The summed E-state index contributed by atoms with van der Waals surface area (Å²) in [4.78, 5) is 30.3. The Kier molecular flexibility index (Phi) is 5.48. The molecule has 6 nitrogen and oxygen atoms in total. The van der Waals surface area contributed by atoms with Crippen molar-refractivity contribution in [3.63, 3.8) is 0 Å². The molecule has 0 atom stereocenters. The van der Waals surface area contributed by atoms with E-state index in [1.807, 2.05) is 37.3 Å². The molecule has 1 aromatic heterocycles. The summed E-state index contributed by atoms with van der Waals surface area (Å²) in [6.07, 6.45) is 4.61. The van der Waals surface area contributed by atoms with Crippen molar-refractivity contribution in [2.45, 2.75) is 26.3 Å². The molecule has 4 rings (SSSR count). The number of hydrogen-bond donors (Lipinski definition) is 2. The number of aromatic hydroxyl groups is 1. The molecule has 30 heavy (non-hydrogen) atoms. The fourth-order valence-corrected chi connectivity index (χ4v) is 3.70. The second-order valence-corrected chi connectivity index (χ2v) is 7.27. The summed E-state index contributed by atoms with van der Waals surface area (Å²) in [6, 6.07) is 14.5. The van der Waals surface area contributed by atoms with E-state index in [1.165, 1.54) is 0 Å². The van der Waals surface area contributed by atoms with E-state index in [0.29, 0.717) is 30.6 Å². The number of hydrogen-bond acceptors (Lipinski definition) is 4. The van der Waals surface area contributed by atoms with Crippen LogP contribution < -0.4 is 10.2 Å². The van der Waals surface area contributed by atoms with Gasteiger partial charge in [0.1, 0.15) is 5.75 Å². The minimum absolute atomic E-state index is 0.0579. The average Bonchev–Trinajstić information content (AvgIpc) is 3.20. The van der Waals surface area contributed by atoms with Crippen LogP contribution in [0.2, 0.25) is 0 Å². The van der Waals surface area contributed by atoms with E-state index in [-0.39, 0.29) is 17.6 Å². The highest BCUT2D eigenvalue weighted by atomic mass is 16.3. The molecule has 0 radical (unpaired) electrons. The van der Waals surface area contributed by atoms with Crippen molar-refractivity contribution >= 4 is 17.5 Å². The quantitative estimate of drug-likeness (QED) is 0.683. The molecule has 0 aliphatic carbocycles. The monoisotopic (exact) mass is 401 g/mol. The van der Waals surface area contributed by atoms with Crippen LogP contribution in [0.5, 0.6) is 5.75 Å². The predicted molar refractivity (Wildman–Crippen MR) is 115 cm³/mol. The van der Waals surface area contributed by atoms with Gasteiger partial charge in [0.2, 0.25) is 5.91 Å². The van der Waals surface area contributed by atoms with Crippen molar-refractivity contribution in [3.8, 4) is 16.9 Å². The number of anilines is 1. The molecule has 2 amide bonds. The number of nitrogens with one attached hydrogen (secondary N) is 1. The Labute approximate surface area is 175 Å². The molecule has 0 saturated heterocycles. The van der Waals surface area contributed by atoms with Gasteiger partial charge in [0.15, 0.2) is 0 Å². The highest BCUT2D eigenvalue weighted by molar-refractivity contribution is 5.97. The summed E-state index contributed by atoms with van der Waals surface area (Å²) in [7, 11) is 0. The summed E-state index contributed by atoms with van der Waals surface area (Å²) in [5.41, 5.74) is 4.82. The van der Waals surface area contributed by atoms with Crippen LogP contribution in [0.4, 0.5) is 5.69 Å². The zero-order valence-corrected chi connectivity index (χ0v) is 16.8. The van der Waals surface area contributed by atoms with Gasteiger partial charge in [-0.05, 0) is 47.4 Å². The van der Waals surface area contributed by atoms with Gasteiger partial charge >= 0.3 is 0 Å². The molecule has 2 aromatic carbocycles. The lowest BCUT2D eigenvalue weighted by atomic mass is 9.99. The smallest absolute Gasteiger partial charge is 0.251 e. The van der Waals surface area contributed by atoms with Crippen molar-refractivity contribution in [2.75, 3.05) is 11.4 Å². The highest BCUT2D eigenvalue weighted by Gasteiger charge is 2.25. The molecule has 3 aromatic rings. The Hall–Kier alpha value is -3.67. The van der Waals surface area contributed by atoms with Crippen molar-refractivity contribution in [3.05, 3.63) is 77.6 Å². The molecular weight excluding hydrogens is 378 g/mol. The van der Waals surface area contributed by atoms with Crippen LogP contribution in [0.3, 0.4) is 0 Å². The first-order valence-corrected chi connectivity index (χ1v) is 10.0. The number of fused-ring (bicyclic) bond motifs is 1. The van der Waals surface area contributed by atoms with Crippen LogP contribution in [0.1, 0.15) is 34.8 Å².